The molecule has 2 aromatic carbocycles. The van der Waals surface area contributed by atoms with E-state index in [1.807, 2.05) is 51.1 Å². The zero-order chi connectivity index (χ0) is 16.8. The molecule has 0 aromatic heterocycles. The molecule has 4 nitrogen and oxygen atoms in total. The monoisotopic (exact) mass is 313 g/mol. The number of amides is 1. The molecule has 0 radical (unpaired) electrons. The molecule has 0 unspecified atom stereocenters. The molecule has 2 rings (SSSR count). The Labute approximate surface area is 137 Å². The van der Waals surface area contributed by atoms with Crippen LogP contribution in [0.5, 0.6) is 11.5 Å². The molecule has 122 valence electrons. The van der Waals surface area contributed by atoms with E-state index in [1.165, 1.54) is 0 Å². The molecule has 2 aromatic rings. The number of aryl methyl sites for hydroxylation is 1. The van der Waals surface area contributed by atoms with Crippen molar-refractivity contribution in [1.29, 1.82) is 0 Å². The zero-order valence-electron chi connectivity index (χ0n) is 14.1. The highest BCUT2D eigenvalue weighted by atomic mass is 16.5. The van der Waals surface area contributed by atoms with Gasteiger partial charge in [-0.1, -0.05) is 19.1 Å². The molecule has 23 heavy (non-hydrogen) atoms. The van der Waals surface area contributed by atoms with Gasteiger partial charge in [0.25, 0.3) is 5.91 Å². The van der Waals surface area contributed by atoms with Crippen LogP contribution in [-0.4, -0.2) is 19.1 Å². The molecule has 0 aliphatic carbocycles. The smallest absolute Gasteiger partial charge is 0.265 e. The summed E-state index contributed by atoms with van der Waals surface area (Å²) in [5, 5.41) is 2.88. The van der Waals surface area contributed by atoms with E-state index in [2.05, 4.69) is 5.32 Å². The predicted octanol–water partition coefficient (Wildman–Crippen LogP) is 4.11. The molecule has 0 bridgehead atoms. The summed E-state index contributed by atoms with van der Waals surface area (Å²) in [7, 11) is 1.61. The van der Waals surface area contributed by atoms with Gasteiger partial charge in [0.1, 0.15) is 11.5 Å². The highest BCUT2D eigenvalue weighted by molar-refractivity contribution is 5.94. The summed E-state index contributed by atoms with van der Waals surface area (Å²) in [5.41, 5.74) is 2.93. The van der Waals surface area contributed by atoms with Gasteiger partial charge in [-0.15, -0.1) is 0 Å². The number of ether oxygens (including phenoxy) is 2. The van der Waals surface area contributed by atoms with E-state index < -0.39 is 6.10 Å². The maximum Gasteiger partial charge on any atom is 0.265 e. The zero-order valence-corrected chi connectivity index (χ0v) is 14.1. The lowest BCUT2D eigenvalue weighted by Gasteiger charge is -2.19. The average molecular weight is 313 g/mol. The van der Waals surface area contributed by atoms with E-state index in [4.69, 9.17) is 9.47 Å². The normalized spacial score (nSPS) is 11.7. The van der Waals surface area contributed by atoms with Crippen LogP contribution < -0.4 is 14.8 Å². The van der Waals surface area contributed by atoms with Crippen molar-refractivity contribution in [2.45, 2.75) is 33.3 Å². The van der Waals surface area contributed by atoms with Crippen molar-refractivity contribution in [3.8, 4) is 11.5 Å². The first kappa shape index (κ1) is 16.9. The molecule has 0 fully saturated rings. The third-order valence-corrected chi connectivity index (χ3v) is 3.84. The lowest BCUT2D eigenvalue weighted by Crippen LogP contribution is -2.32. The molecule has 0 heterocycles. The second-order valence-electron chi connectivity index (χ2n) is 5.43. The van der Waals surface area contributed by atoms with Crippen LogP contribution >= 0.6 is 0 Å². The fourth-order valence-corrected chi connectivity index (χ4v) is 2.22. The van der Waals surface area contributed by atoms with Gasteiger partial charge < -0.3 is 14.8 Å². The van der Waals surface area contributed by atoms with Gasteiger partial charge in [0.05, 0.1) is 7.11 Å². The summed E-state index contributed by atoms with van der Waals surface area (Å²) in [6.45, 7) is 5.96. The minimum absolute atomic E-state index is 0.154. The van der Waals surface area contributed by atoms with Crippen molar-refractivity contribution in [2.24, 2.45) is 0 Å². The number of hydrogen-bond acceptors (Lipinski definition) is 3. The van der Waals surface area contributed by atoms with Crippen LogP contribution in [0.2, 0.25) is 0 Å². The standard InChI is InChI=1S/C19H23NO3/c1-5-17(23-18-8-6-7-13(2)14(18)3)19(21)20-15-9-11-16(22-4)12-10-15/h6-12,17H,5H2,1-4H3,(H,20,21)/t17-/m0/s1. The first-order chi connectivity index (χ1) is 11.0. The van der Waals surface area contributed by atoms with Crippen molar-refractivity contribution in [3.63, 3.8) is 0 Å². The number of hydrogen-bond donors (Lipinski definition) is 1. The molecule has 0 saturated carbocycles. The number of nitrogens with one attached hydrogen (secondary N) is 1. The Kier molecular flexibility index (Phi) is 5.63. The van der Waals surface area contributed by atoms with Crippen LogP contribution in [0.4, 0.5) is 5.69 Å². The summed E-state index contributed by atoms with van der Waals surface area (Å²) >= 11 is 0. The first-order valence-corrected chi connectivity index (χ1v) is 7.73. The van der Waals surface area contributed by atoms with Crippen molar-refractivity contribution in [1.82, 2.24) is 0 Å². The summed E-state index contributed by atoms with van der Waals surface area (Å²) in [6.07, 6.45) is 0.0626. The molecule has 0 aliphatic heterocycles. The molecular formula is C19H23NO3. The Morgan fingerprint density at radius 2 is 1.83 bits per heavy atom. The van der Waals surface area contributed by atoms with Gasteiger partial charge in [-0.2, -0.15) is 0 Å². The van der Waals surface area contributed by atoms with Crippen LogP contribution in [0.25, 0.3) is 0 Å². The fraction of sp³-hybridized carbons (Fsp3) is 0.316. The third kappa shape index (κ3) is 4.25. The lowest BCUT2D eigenvalue weighted by molar-refractivity contribution is -0.122. The Morgan fingerprint density at radius 3 is 2.43 bits per heavy atom. The highest BCUT2D eigenvalue weighted by Gasteiger charge is 2.19. The summed E-state index contributed by atoms with van der Waals surface area (Å²) in [4.78, 5) is 12.4. The number of anilines is 1. The molecule has 0 aliphatic rings. The quantitative estimate of drug-likeness (QED) is 0.873. The topological polar surface area (TPSA) is 47.6 Å². The minimum atomic E-state index is -0.530. The predicted molar refractivity (Wildman–Crippen MR) is 92.2 cm³/mol. The lowest BCUT2D eigenvalue weighted by atomic mass is 10.1. The SMILES string of the molecule is CC[C@H](Oc1cccc(C)c1C)C(=O)Nc1ccc(OC)cc1. The van der Waals surface area contributed by atoms with E-state index in [9.17, 15) is 4.79 Å². The van der Waals surface area contributed by atoms with Gasteiger partial charge in [0, 0.05) is 5.69 Å². The molecule has 1 N–H and O–H groups in total. The summed E-state index contributed by atoms with van der Waals surface area (Å²) in [6, 6.07) is 13.1. The highest BCUT2D eigenvalue weighted by Crippen LogP contribution is 2.23. The van der Waals surface area contributed by atoms with Crippen molar-refractivity contribution in [3.05, 3.63) is 53.6 Å². The van der Waals surface area contributed by atoms with Crippen LogP contribution in [0.3, 0.4) is 0 Å². The van der Waals surface area contributed by atoms with E-state index in [0.29, 0.717) is 6.42 Å². The number of rotatable bonds is 6. The van der Waals surface area contributed by atoms with E-state index in [1.54, 1.807) is 19.2 Å². The molecular weight excluding hydrogens is 290 g/mol. The molecule has 1 atom stereocenters. The largest absolute Gasteiger partial charge is 0.497 e. The van der Waals surface area contributed by atoms with Gasteiger partial charge in [0.2, 0.25) is 0 Å². The van der Waals surface area contributed by atoms with Crippen LogP contribution in [0.1, 0.15) is 24.5 Å². The van der Waals surface area contributed by atoms with Gasteiger partial charge >= 0.3 is 0 Å². The van der Waals surface area contributed by atoms with E-state index >= 15 is 0 Å². The Morgan fingerprint density at radius 1 is 1.13 bits per heavy atom. The third-order valence-electron chi connectivity index (χ3n) is 3.84. The second kappa shape index (κ2) is 7.68. The van der Waals surface area contributed by atoms with E-state index in [-0.39, 0.29) is 5.91 Å². The average Bonchev–Trinajstić information content (AvgIpc) is 2.56. The number of carbonyl (C=O) groups excluding carboxylic acids is 1. The number of carbonyl (C=O) groups is 1. The van der Waals surface area contributed by atoms with Crippen LogP contribution in [0.15, 0.2) is 42.5 Å². The maximum atomic E-state index is 12.4. The van der Waals surface area contributed by atoms with Gasteiger partial charge in [-0.3, -0.25) is 4.79 Å². The molecule has 1 amide bonds. The van der Waals surface area contributed by atoms with Crippen molar-refractivity contribution < 1.29 is 14.3 Å². The van der Waals surface area contributed by atoms with Crippen molar-refractivity contribution >= 4 is 11.6 Å². The Bertz CT molecular complexity index is 665. The fourth-order valence-electron chi connectivity index (χ4n) is 2.22. The van der Waals surface area contributed by atoms with Crippen LogP contribution in [0, 0.1) is 13.8 Å². The Balaban J connectivity index is 2.07. The van der Waals surface area contributed by atoms with Gasteiger partial charge in [-0.25, -0.2) is 0 Å². The summed E-state index contributed by atoms with van der Waals surface area (Å²) in [5.74, 6) is 1.35. The minimum Gasteiger partial charge on any atom is -0.497 e. The van der Waals surface area contributed by atoms with Crippen molar-refractivity contribution in [2.75, 3.05) is 12.4 Å². The number of benzene rings is 2. The first-order valence-electron chi connectivity index (χ1n) is 7.73. The Hall–Kier alpha value is -2.49. The second-order valence-corrected chi connectivity index (χ2v) is 5.43. The molecule has 0 saturated heterocycles. The molecule has 4 heteroatoms. The van der Waals surface area contributed by atoms with E-state index in [0.717, 1.165) is 28.3 Å². The van der Waals surface area contributed by atoms with Gasteiger partial charge in [0.15, 0.2) is 6.10 Å². The van der Waals surface area contributed by atoms with Gasteiger partial charge in [-0.05, 0) is 61.7 Å². The molecule has 0 spiro atoms. The van der Waals surface area contributed by atoms with Crippen LogP contribution in [-0.2, 0) is 4.79 Å². The summed E-state index contributed by atoms with van der Waals surface area (Å²) < 4.78 is 11.0. The maximum absolute atomic E-state index is 12.4. The number of methoxy groups -OCH3 is 1.